The fourth-order valence-electron chi connectivity index (χ4n) is 1.50. The van der Waals surface area contributed by atoms with Crippen molar-refractivity contribution in [2.45, 2.75) is 20.3 Å². The van der Waals surface area contributed by atoms with Crippen molar-refractivity contribution in [3.8, 4) is 0 Å². The van der Waals surface area contributed by atoms with Crippen LogP contribution in [0.4, 0.5) is 5.69 Å². The highest BCUT2D eigenvalue weighted by Crippen LogP contribution is 2.27. The van der Waals surface area contributed by atoms with Crippen LogP contribution < -0.4 is 0 Å². The smallest absolute Gasteiger partial charge is 0.310 e. The van der Waals surface area contributed by atoms with Gasteiger partial charge in [0.25, 0.3) is 5.69 Å². The molecule has 0 amide bonds. The first-order valence-electron chi connectivity index (χ1n) is 5.04. The van der Waals surface area contributed by atoms with E-state index in [0.29, 0.717) is 11.1 Å². The number of rotatable bonds is 4. The Morgan fingerprint density at radius 2 is 2.18 bits per heavy atom. The van der Waals surface area contributed by atoms with Gasteiger partial charge in [0.1, 0.15) is 0 Å². The van der Waals surface area contributed by atoms with Gasteiger partial charge in [-0.15, -0.1) is 0 Å². The van der Waals surface area contributed by atoms with Crippen molar-refractivity contribution >= 4 is 23.3 Å². The Morgan fingerprint density at radius 3 is 2.71 bits per heavy atom. The third kappa shape index (κ3) is 3.42. The van der Waals surface area contributed by atoms with Gasteiger partial charge in [0.2, 0.25) is 0 Å². The van der Waals surface area contributed by atoms with E-state index >= 15 is 0 Å². The summed E-state index contributed by atoms with van der Waals surface area (Å²) < 4.78 is 4.77. The van der Waals surface area contributed by atoms with Gasteiger partial charge in [-0.25, -0.2) is 0 Å². The van der Waals surface area contributed by atoms with E-state index in [2.05, 4.69) is 0 Å². The lowest BCUT2D eigenvalue weighted by molar-refractivity contribution is -0.385. The first-order chi connectivity index (χ1) is 7.95. The summed E-state index contributed by atoms with van der Waals surface area (Å²) in [7, 11) is 0. The highest BCUT2D eigenvalue weighted by molar-refractivity contribution is 6.30. The molecule has 92 valence electrons. The van der Waals surface area contributed by atoms with Crippen molar-refractivity contribution in [1.29, 1.82) is 0 Å². The summed E-state index contributed by atoms with van der Waals surface area (Å²) >= 11 is 5.74. The van der Waals surface area contributed by atoms with Crippen LogP contribution in [0.15, 0.2) is 12.1 Å². The van der Waals surface area contributed by atoms with Crippen LogP contribution in [0.25, 0.3) is 0 Å². The van der Waals surface area contributed by atoms with E-state index in [4.69, 9.17) is 16.3 Å². The second-order valence-corrected chi connectivity index (χ2v) is 3.90. The molecule has 0 radical (unpaired) electrons. The molecule has 0 saturated heterocycles. The third-order valence-corrected chi connectivity index (χ3v) is 2.46. The molecule has 5 nitrogen and oxygen atoms in total. The van der Waals surface area contributed by atoms with E-state index in [9.17, 15) is 14.9 Å². The Kier molecular flexibility index (Phi) is 4.45. The maximum Gasteiger partial charge on any atom is 0.310 e. The number of benzene rings is 1. The van der Waals surface area contributed by atoms with Gasteiger partial charge < -0.3 is 4.74 Å². The van der Waals surface area contributed by atoms with Crippen molar-refractivity contribution in [2.24, 2.45) is 0 Å². The normalized spacial score (nSPS) is 10.1. The maximum absolute atomic E-state index is 11.3. The monoisotopic (exact) mass is 257 g/mol. The van der Waals surface area contributed by atoms with Crippen LogP contribution in [0.5, 0.6) is 0 Å². The number of ether oxygens (including phenoxy) is 1. The molecule has 0 saturated carbocycles. The molecular formula is C11H12ClNO4. The summed E-state index contributed by atoms with van der Waals surface area (Å²) in [4.78, 5) is 21.7. The van der Waals surface area contributed by atoms with Gasteiger partial charge in [-0.05, 0) is 25.5 Å². The third-order valence-electron chi connectivity index (χ3n) is 2.24. The molecule has 0 aliphatic heterocycles. The van der Waals surface area contributed by atoms with Crippen molar-refractivity contribution in [1.82, 2.24) is 0 Å². The van der Waals surface area contributed by atoms with E-state index in [-0.39, 0.29) is 23.7 Å². The van der Waals surface area contributed by atoms with Crippen molar-refractivity contribution in [3.63, 3.8) is 0 Å². The minimum Gasteiger partial charge on any atom is -0.466 e. The molecule has 0 spiro atoms. The maximum atomic E-state index is 11.3. The lowest BCUT2D eigenvalue weighted by Crippen LogP contribution is -2.10. The van der Waals surface area contributed by atoms with Crippen LogP contribution in [0.2, 0.25) is 5.02 Å². The average molecular weight is 258 g/mol. The molecule has 0 N–H and O–H groups in total. The Bertz CT molecular complexity index is 459. The zero-order chi connectivity index (χ0) is 13.0. The first-order valence-corrected chi connectivity index (χ1v) is 5.42. The number of esters is 1. The zero-order valence-electron chi connectivity index (χ0n) is 9.53. The first kappa shape index (κ1) is 13.4. The molecule has 0 aliphatic rings. The average Bonchev–Trinajstić information content (AvgIpc) is 2.21. The van der Waals surface area contributed by atoms with Gasteiger partial charge in [0.05, 0.1) is 18.0 Å². The summed E-state index contributed by atoms with van der Waals surface area (Å²) in [5, 5.41) is 11.1. The molecule has 1 aromatic rings. The van der Waals surface area contributed by atoms with E-state index in [1.54, 1.807) is 19.9 Å². The molecule has 0 unspecified atom stereocenters. The highest BCUT2D eigenvalue weighted by atomic mass is 35.5. The summed E-state index contributed by atoms with van der Waals surface area (Å²) in [6.07, 6.45) is -0.118. The number of carbonyl (C=O) groups is 1. The number of hydrogen-bond donors (Lipinski definition) is 0. The van der Waals surface area contributed by atoms with Crippen LogP contribution in [0, 0.1) is 17.0 Å². The number of hydrogen-bond acceptors (Lipinski definition) is 4. The molecule has 1 rings (SSSR count). The zero-order valence-corrected chi connectivity index (χ0v) is 10.3. The number of nitro groups is 1. The number of nitrogens with zero attached hydrogens (tertiary/aromatic N) is 1. The largest absolute Gasteiger partial charge is 0.466 e. The summed E-state index contributed by atoms with van der Waals surface area (Å²) in [6.45, 7) is 3.60. The molecule has 17 heavy (non-hydrogen) atoms. The van der Waals surface area contributed by atoms with Crippen LogP contribution in [-0.4, -0.2) is 17.5 Å². The van der Waals surface area contributed by atoms with E-state index < -0.39 is 10.9 Å². The van der Waals surface area contributed by atoms with Crippen LogP contribution in [-0.2, 0) is 16.0 Å². The van der Waals surface area contributed by atoms with Crippen molar-refractivity contribution < 1.29 is 14.5 Å². The molecule has 0 bridgehead atoms. The summed E-state index contributed by atoms with van der Waals surface area (Å²) in [5.41, 5.74) is 0.804. The molecule has 0 aliphatic carbocycles. The molecule has 0 heterocycles. The Morgan fingerprint density at radius 1 is 1.53 bits per heavy atom. The minimum atomic E-state index is -0.548. The minimum absolute atomic E-state index is 0.118. The van der Waals surface area contributed by atoms with Crippen molar-refractivity contribution in [3.05, 3.63) is 38.4 Å². The molecular weight excluding hydrogens is 246 g/mol. The Hall–Kier alpha value is -1.62. The molecule has 1 aromatic carbocycles. The van der Waals surface area contributed by atoms with Crippen LogP contribution >= 0.6 is 11.6 Å². The Labute approximate surface area is 103 Å². The van der Waals surface area contributed by atoms with Crippen molar-refractivity contribution in [2.75, 3.05) is 6.61 Å². The lowest BCUT2D eigenvalue weighted by Gasteiger charge is -2.07. The van der Waals surface area contributed by atoms with Gasteiger partial charge in [-0.2, -0.15) is 0 Å². The predicted molar refractivity (Wildman–Crippen MR) is 63.2 cm³/mol. The molecule has 0 aromatic heterocycles. The Balaban J connectivity index is 3.12. The van der Waals surface area contributed by atoms with E-state index in [1.165, 1.54) is 6.07 Å². The number of carbonyl (C=O) groups excluding carboxylic acids is 1. The quantitative estimate of drug-likeness (QED) is 0.472. The summed E-state index contributed by atoms with van der Waals surface area (Å²) in [6, 6.07) is 2.83. The topological polar surface area (TPSA) is 69.4 Å². The summed E-state index contributed by atoms with van der Waals surface area (Å²) in [5.74, 6) is -0.485. The fourth-order valence-corrected chi connectivity index (χ4v) is 1.77. The SMILES string of the molecule is CCOC(=O)Cc1c(C)cc(Cl)cc1[N+](=O)[O-]. The highest BCUT2D eigenvalue weighted by Gasteiger charge is 2.20. The van der Waals surface area contributed by atoms with Gasteiger partial charge in [0.15, 0.2) is 0 Å². The second-order valence-electron chi connectivity index (χ2n) is 3.46. The number of nitro benzene ring substituents is 1. The van der Waals surface area contributed by atoms with Gasteiger partial charge in [-0.3, -0.25) is 14.9 Å². The van der Waals surface area contributed by atoms with E-state index in [0.717, 1.165) is 0 Å². The number of aryl methyl sites for hydroxylation is 1. The molecule has 6 heteroatoms. The molecule has 0 atom stereocenters. The predicted octanol–water partition coefficient (Wildman–Crippen LogP) is 2.66. The second kappa shape index (κ2) is 5.63. The number of halogens is 1. The molecule has 0 fully saturated rings. The standard InChI is InChI=1S/C11H12ClNO4/c1-3-17-11(14)6-9-7(2)4-8(12)5-10(9)13(15)16/h4-5H,3,6H2,1-2H3. The van der Waals surface area contributed by atoms with E-state index in [1.807, 2.05) is 0 Å². The van der Waals surface area contributed by atoms with Crippen LogP contribution in [0.3, 0.4) is 0 Å². The van der Waals surface area contributed by atoms with Gasteiger partial charge in [0, 0.05) is 16.7 Å². The fraction of sp³-hybridized carbons (Fsp3) is 0.364. The van der Waals surface area contributed by atoms with Gasteiger partial charge >= 0.3 is 5.97 Å². The van der Waals surface area contributed by atoms with Crippen LogP contribution in [0.1, 0.15) is 18.1 Å². The van der Waals surface area contributed by atoms with Gasteiger partial charge in [-0.1, -0.05) is 11.6 Å². The lowest BCUT2D eigenvalue weighted by atomic mass is 10.0.